The van der Waals surface area contributed by atoms with Crippen molar-refractivity contribution in [3.63, 3.8) is 0 Å². The molecule has 0 atom stereocenters. The number of aliphatic hydroxyl groups is 1. The van der Waals surface area contributed by atoms with Gasteiger partial charge < -0.3 is 15.7 Å². The van der Waals surface area contributed by atoms with E-state index in [-0.39, 0.29) is 24.9 Å². The van der Waals surface area contributed by atoms with Gasteiger partial charge in [-0.3, -0.25) is 4.79 Å². The summed E-state index contributed by atoms with van der Waals surface area (Å²) in [6.07, 6.45) is 2.01. The molecule has 0 saturated carbocycles. The Bertz CT molecular complexity index is 341. The van der Waals surface area contributed by atoms with E-state index < -0.39 is 0 Å². The summed E-state index contributed by atoms with van der Waals surface area (Å²) in [6, 6.07) is 7.56. The molecule has 0 fully saturated rings. The highest BCUT2D eigenvalue weighted by atomic mass is 35.5. The van der Waals surface area contributed by atoms with Crippen LogP contribution in [-0.4, -0.2) is 31.2 Å². The fourth-order valence-corrected chi connectivity index (χ4v) is 1.53. The molecule has 18 heavy (non-hydrogen) atoms. The molecule has 1 aromatic carbocycles. The third-order valence-corrected chi connectivity index (χ3v) is 2.47. The zero-order chi connectivity index (χ0) is 12.5. The van der Waals surface area contributed by atoms with Crippen LogP contribution in [0.5, 0.6) is 0 Å². The first-order chi connectivity index (χ1) is 8.26. The van der Waals surface area contributed by atoms with Gasteiger partial charge in [-0.25, -0.2) is 0 Å². The van der Waals surface area contributed by atoms with Crippen molar-refractivity contribution in [2.45, 2.75) is 19.3 Å². The third-order valence-electron chi connectivity index (χ3n) is 2.47. The quantitative estimate of drug-likeness (QED) is 0.661. The molecule has 0 aliphatic rings. The van der Waals surface area contributed by atoms with E-state index in [0.717, 1.165) is 24.2 Å². The van der Waals surface area contributed by atoms with Gasteiger partial charge in [-0.2, -0.15) is 0 Å². The maximum atomic E-state index is 11.5. The molecule has 0 saturated heterocycles. The first-order valence-corrected chi connectivity index (χ1v) is 5.90. The Kier molecular flexibility index (Phi) is 9.28. The third kappa shape index (κ3) is 6.59. The van der Waals surface area contributed by atoms with Crippen molar-refractivity contribution in [3.8, 4) is 0 Å². The molecule has 0 aliphatic heterocycles. The summed E-state index contributed by atoms with van der Waals surface area (Å²) in [6.45, 7) is 0.999. The summed E-state index contributed by atoms with van der Waals surface area (Å²) in [5.41, 5.74) is 1.88. The molecule has 3 N–H and O–H groups in total. The topological polar surface area (TPSA) is 61.4 Å². The van der Waals surface area contributed by atoms with Crippen LogP contribution in [0.25, 0.3) is 0 Å². The minimum atomic E-state index is 0. The number of nitrogens with one attached hydrogen (secondary N) is 2. The Balaban J connectivity index is 0.00000289. The fourth-order valence-electron chi connectivity index (χ4n) is 1.53. The Morgan fingerprint density at radius 2 is 1.94 bits per heavy atom. The van der Waals surface area contributed by atoms with Gasteiger partial charge in [-0.15, -0.1) is 12.4 Å². The first-order valence-electron chi connectivity index (χ1n) is 5.90. The molecule has 0 heterocycles. The molecule has 1 amide bonds. The van der Waals surface area contributed by atoms with Crippen molar-refractivity contribution in [1.29, 1.82) is 0 Å². The van der Waals surface area contributed by atoms with Crippen LogP contribution in [-0.2, 0) is 11.2 Å². The van der Waals surface area contributed by atoms with Gasteiger partial charge in [0.1, 0.15) is 0 Å². The van der Waals surface area contributed by atoms with Crippen LogP contribution in [0.4, 0.5) is 5.69 Å². The van der Waals surface area contributed by atoms with Crippen LogP contribution in [0.15, 0.2) is 24.3 Å². The molecule has 0 bridgehead atoms. The molecular weight excluding hydrogens is 252 g/mol. The SMILES string of the molecule is CNCCCC(=O)Nc1ccc(CCO)cc1.Cl. The summed E-state index contributed by atoms with van der Waals surface area (Å²) >= 11 is 0. The highest BCUT2D eigenvalue weighted by Gasteiger charge is 2.01. The molecule has 0 radical (unpaired) electrons. The number of anilines is 1. The number of rotatable bonds is 7. The van der Waals surface area contributed by atoms with E-state index in [4.69, 9.17) is 5.11 Å². The molecule has 0 aliphatic carbocycles. The summed E-state index contributed by atoms with van der Waals surface area (Å²) in [7, 11) is 1.87. The highest BCUT2D eigenvalue weighted by molar-refractivity contribution is 5.90. The Morgan fingerprint density at radius 1 is 1.28 bits per heavy atom. The minimum Gasteiger partial charge on any atom is -0.396 e. The van der Waals surface area contributed by atoms with E-state index >= 15 is 0 Å². The van der Waals surface area contributed by atoms with E-state index in [1.54, 1.807) is 0 Å². The number of carbonyl (C=O) groups is 1. The largest absolute Gasteiger partial charge is 0.396 e. The average Bonchev–Trinajstić information content (AvgIpc) is 2.32. The van der Waals surface area contributed by atoms with Gasteiger partial charge in [0.05, 0.1) is 0 Å². The minimum absolute atomic E-state index is 0. The summed E-state index contributed by atoms with van der Waals surface area (Å²) in [4.78, 5) is 11.5. The Hall–Kier alpha value is -1.10. The van der Waals surface area contributed by atoms with Crippen LogP contribution in [0.3, 0.4) is 0 Å². The Morgan fingerprint density at radius 3 is 2.50 bits per heavy atom. The van der Waals surface area contributed by atoms with E-state index in [9.17, 15) is 4.79 Å². The number of halogens is 1. The van der Waals surface area contributed by atoms with E-state index in [1.165, 1.54) is 0 Å². The predicted octanol–water partition coefficient (Wildman–Crippen LogP) is 1.58. The number of carbonyl (C=O) groups excluding carboxylic acids is 1. The van der Waals surface area contributed by atoms with Gasteiger partial charge in [-0.1, -0.05) is 12.1 Å². The van der Waals surface area contributed by atoms with Crippen molar-refractivity contribution in [2.75, 3.05) is 25.5 Å². The van der Waals surface area contributed by atoms with Crippen LogP contribution in [0.2, 0.25) is 0 Å². The van der Waals surface area contributed by atoms with Gasteiger partial charge in [-0.05, 0) is 44.1 Å². The van der Waals surface area contributed by atoms with Gasteiger partial charge in [0, 0.05) is 18.7 Å². The van der Waals surface area contributed by atoms with Gasteiger partial charge >= 0.3 is 0 Å². The molecule has 0 unspecified atom stereocenters. The van der Waals surface area contributed by atoms with Crippen molar-refractivity contribution in [1.82, 2.24) is 5.32 Å². The van der Waals surface area contributed by atoms with E-state index in [1.807, 2.05) is 31.3 Å². The maximum absolute atomic E-state index is 11.5. The molecule has 1 rings (SSSR count). The fraction of sp³-hybridized carbons (Fsp3) is 0.462. The molecular formula is C13H21ClN2O2. The monoisotopic (exact) mass is 272 g/mol. The summed E-state index contributed by atoms with van der Waals surface area (Å²) < 4.78 is 0. The second kappa shape index (κ2) is 9.88. The van der Waals surface area contributed by atoms with Crippen molar-refractivity contribution >= 4 is 24.0 Å². The lowest BCUT2D eigenvalue weighted by molar-refractivity contribution is -0.116. The number of benzene rings is 1. The lowest BCUT2D eigenvalue weighted by atomic mass is 10.1. The van der Waals surface area contributed by atoms with E-state index in [2.05, 4.69) is 10.6 Å². The Labute approximate surface area is 114 Å². The second-order valence-corrected chi connectivity index (χ2v) is 3.93. The molecule has 5 heteroatoms. The average molecular weight is 273 g/mol. The van der Waals surface area contributed by atoms with Crippen LogP contribution < -0.4 is 10.6 Å². The number of aliphatic hydroxyl groups excluding tert-OH is 1. The van der Waals surface area contributed by atoms with E-state index in [0.29, 0.717) is 12.8 Å². The first kappa shape index (κ1) is 16.9. The number of hydrogen-bond donors (Lipinski definition) is 3. The standard InChI is InChI=1S/C13H20N2O2.ClH/c1-14-9-2-3-13(17)15-12-6-4-11(5-7-12)8-10-16;/h4-7,14,16H,2-3,8-10H2,1H3,(H,15,17);1H. The summed E-state index contributed by atoms with van der Waals surface area (Å²) in [5, 5.41) is 14.6. The van der Waals surface area contributed by atoms with Crippen LogP contribution in [0.1, 0.15) is 18.4 Å². The molecule has 0 spiro atoms. The number of amides is 1. The summed E-state index contributed by atoms with van der Waals surface area (Å²) in [5.74, 6) is 0.0372. The van der Waals surface area contributed by atoms with Crippen molar-refractivity contribution in [2.24, 2.45) is 0 Å². The molecule has 4 nitrogen and oxygen atoms in total. The second-order valence-electron chi connectivity index (χ2n) is 3.93. The lowest BCUT2D eigenvalue weighted by Gasteiger charge is -2.06. The smallest absolute Gasteiger partial charge is 0.224 e. The lowest BCUT2D eigenvalue weighted by Crippen LogP contribution is -2.15. The van der Waals surface area contributed by atoms with Gasteiger partial charge in [0.2, 0.25) is 5.91 Å². The normalized spacial score (nSPS) is 9.67. The molecule has 102 valence electrons. The molecule has 1 aromatic rings. The van der Waals surface area contributed by atoms with Gasteiger partial charge in [0.15, 0.2) is 0 Å². The maximum Gasteiger partial charge on any atom is 0.224 e. The molecule has 0 aromatic heterocycles. The van der Waals surface area contributed by atoms with Crippen molar-refractivity contribution in [3.05, 3.63) is 29.8 Å². The van der Waals surface area contributed by atoms with Crippen molar-refractivity contribution < 1.29 is 9.90 Å². The zero-order valence-corrected chi connectivity index (χ0v) is 11.4. The van der Waals surface area contributed by atoms with Crippen LogP contribution in [0, 0.1) is 0 Å². The predicted molar refractivity (Wildman–Crippen MR) is 76.3 cm³/mol. The number of hydrogen-bond acceptors (Lipinski definition) is 3. The van der Waals surface area contributed by atoms with Crippen LogP contribution >= 0.6 is 12.4 Å². The van der Waals surface area contributed by atoms with Gasteiger partial charge in [0.25, 0.3) is 0 Å². The zero-order valence-electron chi connectivity index (χ0n) is 10.6. The highest BCUT2D eigenvalue weighted by Crippen LogP contribution is 2.10.